The molecule has 0 unspecified atom stereocenters. The Hall–Kier alpha value is -1.53. The van der Waals surface area contributed by atoms with Gasteiger partial charge < -0.3 is 4.74 Å². The van der Waals surface area contributed by atoms with Gasteiger partial charge in [-0.15, -0.1) is 0 Å². The molecule has 19 heavy (non-hydrogen) atoms. The highest BCUT2D eigenvalue weighted by Gasteiger charge is 2.24. The predicted octanol–water partition coefficient (Wildman–Crippen LogP) is 3.35. The number of nitrogens with zero attached hydrogens (tertiary/aromatic N) is 2. The number of rotatable bonds is 4. The van der Waals surface area contributed by atoms with Gasteiger partial charge in [0.1, 0.15) is 11.3 Å². The van der Waals surface area contributed by atoms with E-state index in [9.17, 15) is 5.26 Å². The molecule has 0 amide bonds. The van der Waals surface area contributed by atoms with Gasteiger partial charge in [-0.05, 0) is 70.0 Å². The Bertz CT molecular complexity index is 512. The predicted molar refractivity (Wildman–Crippen MR) is 78.4 cm³/mol. The first-order valence-electron chi connectivity index (χ1n) is 6.50. The molecule has 3 nitrogen and oxygen atoms in total. The van der Waals surface area contributed by atoms with Gasteiger partial charge in [0.05, 0.1) is 13.2 Å². The minimum absolute atomic E-state index is 0.466. The fraction of sp³-hybridized carbons (Fsp3) is 0.562. The van der Waals surface area contributed by atoms with Crippen molar-refractivity contribution in [2.75, 3.05) is 14.2 Å². The third-order valence-corrected chi connectivity index (χ3v) is 4.05. The number of nitriles is 1. The van der Waals surface area contributed by atoms with Crippen LogP contribution < -0.4 is 4.74 Å². The minimum Gasteiger partial charge on any atom is -0.496 e. The van der Waals surface area contributed by atoms with Crippen LogP contribution in [0.5, 0.6) is 5.75 Å². The van der Waals surface area contributed by atoms with Gasteiger partial charge in [-0.1, -0.05) is 0 Å². The van der Waals surface area contributed by atoms with Crippen LogP contribution in [-0.2, 0) is 6.54 Å². The van der Waals surface area contributed by atoms with E-state index in [1.165, 1.54) is 22.3 Å². The highest BCUT2D eigenvalue weighted by atomic mass is 16.5. The van der Waals surface area contributed by atoms with Gasteiger partial charge >= 0.3 is 0 Å². The van der Waals surface area contributed by atoms with E-state index in [-0.39, 0.29) is 0 Å². The Balaban J connectivity index is 3.17. The summed E-state index contributed by atoms with van der Waals surface area (Å²) in [5.74, 6) is 0.931. The number of benzene rings is 1. The number of aryl methyl sites for hydroxylation is 1. The number of hydrogen-bond acceptors (Lipinski definition) is 3. The van der Waals surface area contributed by atoms with Gasteiger partial charge in [0.2, 0.25) is 0 Å². The summed E-state index contributed by atoms with van der Waals surface area (Å²) in [4.78, 5) is 2.08. The highest BCUT2D eigenvalue weighted by molar-refractivity contribution is 5.48. The monoisotopic (exact) mass is 260 g/mol. The third-order valence-electron chi connectivity index (χ3n) is 4.05. The molecule has 1 aromatic carbocycles. The molecule has 0 aromatic heterocycles. The molecular formula is C16H24N2O. The first kappa shape index (κ1) is 15.5. The maximum absolute atomic E-state index is 9.21. The van der Waals surface area contributed by atoms with Crippen molar-refractivity contribution < 1.29 is 4.74 Å². The lowest BCUT2D eigenvalue weighted by Crippen LogP contribution is -2.39. The molecule has 0 spiro atoms. The van der Waals surface area contributed by atoms with Gasteiger partial charge in [-0.25, -0.2) is 0 Å². The Morgan fingerprint density at radius 2 is 1.84 bits per heavy atom. The van der Waals surface area contributed by atoms with Gasteiger partial charge in [-0.2, -0.15) is 5.26 Å². The second kappa shape index (κ2) is 5.63. The molecule has 0 heterocycles. The molecule has 0 fully saturated rings. The number of hydrogen-bond donors (Lipinski definition) is 0. The van der Waals surface area contributed by atoms with Crippen molar-refractivity contribution >= 4 is 0 Å². The summed E-state index contributed by atoms with van der Waals surface area (Å²) >= 11 is 0. The largest absolute Gasteiger partial charge is 0.496 e. The zero-order valence-corrected chi connectivity index (χ0v) is 13.1. The molecule has 0 radical (unpaired) electrons. The second-order valence-corrected chi connectivity index (χ2v) is 5.65. The van der Waals surface area contributed by atoms with Crippen molar-refractivity contribution in [1.29, 1.82) is 5.26 Å². The first-order valence-corrected chi connectivity index (χ1v) is 6.50. The minimum atomic E-state index is -0.466. The molecule has 1 rings (SSSR count). The Morgan fingerprint density at radius 1 is 1.26 bits per heavy atom. The molecule has 1 aromatic rings. The molecule has 0 saturated heterocycles. The van der Waals surface area contributed by atoms with Crippen LogP contribution in [0.1, 0.15) is 36.1 Å². The Kier molecular flexibility index (Phi) is 4.60. The average Bonchev–Trinajstić information content (AvgIpc) is 2.38. The molecule has 0 aliphatic rings. The highest BCUT2D eigenvalue weighted by Crippen LogP contribution is 2.29. The number of methoxy groups -OCH3 is 1. The normalized spacial score (nSPS) is 11.5. The average molecular weight is 260 g/mol. The van der Waals surface area contributed by atoms with Crippen LogP contribution in [0.25, 0.3) is 0 Å². The lowest BCUT2D eigenvalue weighted by Gasteiger charge is -2.30. The fourth-order valence-electron chi connectivity index (χ4n) is 2.07. The van der Waals surface area contributed by atoms with Gasteiger partial charge in [0.25, 0.3) is 0 Å². The third kappa shape index (κ3) is 3.08. The van der Waals surface area contributed by atoms with E-state index in [0.717, 1.165) is 12.3 Å². The van der Waals surface area contributed by atoms with Crippen molar-refractivity contribution in [1.82, 2.24) is 4.90 Å². The molecule has 0 atom stereocenters. The molecule has 0 saturated carbocycles. The van der Waals surface area contributed by atoms with Crippen molar-refractivity contribution in [3.63, 3.8) is 0 Å². The van der Waals surface area contributed by atoms with Crippen molar-refractivity contribution in [2.24, 2.45) is 0 Å². The zero-order valence-electron chi connectivity index (χ0n) is 13.1. The summed E-state index contributed by atoms with van der Waals surface area (Å²) in [7, 11) is 3.69. The van der Waals surface area contributed by atoms with Crippen molar-refractivity contribution in [3.8, 4) is 11.8 Å². The second-order valence-electron chi connectivity index (χ2n) is 5.65. The van der Waals surface area contributed by atoms with E-state index in [0.29, 0.717) is 0 Å². The smallest absolute Gasteiger partial charge is 0.122 e. The molecule has 0 aliphatic heterocycles. The topological polar surface area (TPSA) is 36.3 Å². The summed E-state index contributed by atoms with van der Waals surface area (Å²) in [6.45, 7) is 10.9. The van der Waals surface area contributed by atoms with Gasteiger partial charge in [0, 0.05) is 6.54 Å². The summed E-state index contributed by atoms with van der Waals surface area (Å²) in [6, 6.07) is 4.41. The van der Waals surface area contributed by atoms with Crippen molar-refractivity contribution in [3.05, 3.63) is 28.3 Å². The zero-order chi connectivity index (χ0) is 14.8. The van der Waals surface area contributed by atoms with E-state index in [4.69, 9.17) is 4.74 Å². The van der Waals surface area contributed by atoms with Crippen LogP contribution >= 0.6 is 0 Å². The van der Waals surface area contributed by atoms with Crippen LogP contribution in [0.15, 0.2) is 6.07 Å². The van der Waals surface area contributed by atoms with E-state index in [1.54, 1.807) is 7.11 Å². The lowest BCUT2D eigenvalue weighted by molar-refractivity contribution is 0.202. The number of ether oxygens (including phenoxy) is 1. The lowest BCUT2D eigenvalue weighted by atomic mass is 9.95. The summed E-state index contributed by atoms with van der Waals surface area (Å²) in [5, 5.41) is 9.21. The molecule has 104 valence electrons. The van der Waals surface area contributed by atoms with E-state index >= 15 is 0 Å². The molecule has 0 N–H and O–H groups in total. The van der Waals surface area contributed by atoms with Gasteiger partial charge in [0.15, 0.2) is 0 Å². The molecule has 3 heteroatoms. The van der Waals surface area contributed by atoms with Crippen LogP contribution in [0.2, 0.25) is 0 Å². The maximum atomic E-state index is 9.21. The summed E-state index contributed by atoms with van der Waals surface area (Å²) < 4.78 is 5.39. The van der Waals surface area contributed by atoms with E-state index in [1.807, 2.05) is 20.9 Å². The summed E-state index contributed by atoms with van der Waals surface area (Å²) in [5.41, 5.74) is 4.44. The Labute approximate surface area is 116 Å². The standard InChI is InChI=1S/C16H24N2O/c1-11-8-15(19-7)13(3)12(2)14(11)9-18(6)16(4,5)10-17/h8H,9H2,1-7H3. The fourth-order valence-corrected chi connectivity index (χ4v) is 2.07. The SMILES string of the molecule is COc1cc(C)c(CN(C)C(C)(C)C#N)c(C)c1C. The first-order chi connectivity index (χ1) is 8.74. The van der Waals surface area contributed by atoms with Crippen LogP contribution in [0.4, 0.5) is 0 Å². The van der Waals surface area contributed by atoms with E-state index in [2.05, 4.69) is 37.8 Å². The molecular weight excluding hydrogens is 236 g/mol. The van der Waals surface area contributed by atoms with Crippen LogP contribution in [0, 0.1) is 32.1 Å². The Morgan fingerprint density at radius 3 is 2.32 bits per heavy atom. The van der Waals surface area contributed by atoms with Crippen molar-refractivity contribution in [2.45, 2.75) is 46.7 Å². The van der Waals surface area contributed by atoms with Gasteiger partial charge in [-0.3, -0.25) is 4.90 Å². The molecule has 0 bridgehead atoms. The van der Waals surface area contributed by atoms with Crippen LogP contribution in [0.3, 0.4) is 0 Å². The van der Waals surface area contributed by atoms with E-state index < -0.39 is 5.54 Å². The summed E-state index contributed by atoms with van der Waals surface area (Å²) in [6.07, 6.45) is 0. The quantitative estimate of drug-likeness (QED) is 0.833. The molecule has 0 aliphatic carbocycles. The van der Waals surface area contributed by atoms with Crippen LogP contribution in [-0.4, -0.2) is 24.6 Å². The maximum Gasteiger partial charge on any atom is 0.122 e.